The summed E-state index contributed by atoms with van der Waals surface area (Å²) >= 11 is 0. The molecule has 0 saturated heterocycles. The molecule has 0 aromatic heterocycles. The summed E-state index contributed by atoms with van der Waals surface area (Å²) in [5.74, 6) is -0.607. The van der Waals surface area contributed by atoms with E-state index in [4.69, 9.17) is 37.0 Å². The lowest BCUT2D eigenvalue weighted by Crippen LogP contribution is -2.30. The van der Waals surface area contributed by atoms with Crippen LogP contribution in [0.4, 0.5) is 0 Å². The molecule has 0 rings (SSSR count). The number of aliphatic hydroxyl groups is 1. The van der Waals surface area contributed by atoms with Gasteiger partial charge in [-0.25, -0.2) is 9.13 Å². The van der Waals surface area contributed by atoms with Crippen LogP contribution in [-0.4, -0.2) is 96.7 Å². The molecule has 17 nitrogen and oxygen atoms in total. The minimum Gasteiger partial charge on any atom is -0.462 e. The number of aliphatic hydroxyl groups excluding tert-OH is 1. The van der Waals surface area contributed by atoms with Gasteiger partial charge in [-0.3, -0.25) is 37.3 Å². The summed E-state index contributed by atoms with van der Waals surface area (Å²) in [5, 5.41) is 10.6. The number of hydrogen-bond donors (Lipinski definition) is 3. The predicted octanol–water partition coefficient (Wildman–Crippen LogP) is 21.2. The Morgan fingerprint density at radius 2 is 0.554 bits per heavy atom. The zero-order valence-electron chi connectivity index (χ0n) is 59.9. The zero-order valence-corrected chi connectivity index (χ0v) is 61.6. The van der Waals surface area contributed by atoms with Gasteiger partial charge in [-0.15, -0.1) is 0 Å². The minimum absolute atomic E-state index is 0.104. The van der Waals surface area contributed by atoms with E-state index in [1.165, 1.54) is 186 Å². The van der Waals surface area contributed by atoms with Gasteiger partial charge in [0.15, 0.2) is 12.2 Å². The van der Waals surface area contributed by atoms with Gasteiger partial charge in [0.25, 0.3) is 0 Å². The van der Waals surface area contributed by atoms with Gasteiger partial charge in [-0.2, -0.15) is 0 Å². The Morgan fingerprint density at radius 3 is 0.826 bits per heavy atom. The number of phosphoric acid groups is 2. The molecule has 0 aliphatic rings. The van der Waals surface area contributed by atoms with Gasteiger partial charge in [0.1, 0.15) is 19.3 Å². The maximum atomic E-state index is 13.1. The highest BCUT2D eigenvalue weighted by Gasteiger charge is 2.30. The first-order valence-corrected chi connectivity index (χ1v) is 41.0. The quantitative estimate of drug-likeness (QED) is 0.0222. The predicted molar refractivity (Wildman–Crippen MR) is 372 cm³/mol. The molecule has 0 radical (unpaired) electrons. The molecule has 0 spiro atoms. The molecule has 0 amide bonds. The topological polar surface area (TPSA) is 237 Å². The third kappa shape index (κ3) is 65.4. The van der Waals surface area contributed by atoms with Gasteiger partial charge in [-0.1, -0.05) is 324 Å². The standard InChI is InChI=1S/C73H142O17P2/c1-7-10-12-14-15-16-17-18-19-20-21-22-23-24-25-26-27-28-33-39-45-51-57-72(77)90-69(62-84-71(76)56-50-44-38-32-30-29-31-37-43-48-54-66(6)9-3)64-88-92(81,82)86-60-67(74)59-85-91(79,80)87-63-68(61-83-70(75)55-49-41-13-11-8-2)89-73(78)58-52-46-40-35-34-36-42-47-53-65(4)5/h65-69,74H,7-64H2,1-6H3,(H,79,80)(H,81,82)/t66?,67-,68+,69+/m0/s1. The van der Waals surface area contributed by atoms with Crippen LogP contribution in [0.5, 0.6) is 0 Å². The molecule has 0 aliphatic heterocycles. The fourth-order valence-electron chi connectivity index (χ4n) is 11.1. The van der Waals surface area contributed by atoms with Crippen molar-refractivity contribution in [2.75, 3.05) is 39.6 Å². The highest BCUT2D eigenvalue weighted by atomic mass is 31.2. The summed E-state index contributed by atoms with van der Waals surface area (Å²) in [7, 11) is -9.89. The molecule has 6 atom stereocenters. The van der Waals surface area contributed by atoms with Gasteiger partial charge in [0.2, 0.25) is 0 Å². The lowest BCUT2D eigenvalue weighted by atomic mass is 9.99. The first-order valence-electron chi connectivity index (χ1n) is 38.0. The van der Waals surface area contributed by atoms with Crippen molar-refractivity contribution < 1.29 is 80.2 Å². The first kappa shape index (κ1) is 90.1. The average molecular weight is 1350 g/mol. The molecule has 92 heavy (non-hydrogen) atoms. The van der Waals surface area contributed by atoms with E-state index in [2.05, 4.69) is 41.5 Å². The largest absolute Gasteiger partial charge is 0.472 e. The minimum atomic E-state index is -4.95. The summed E-state index contributed by atoms with van der Waals surface area (Å²) < 4.78 is 68.1. The van der Waals surface area contributed by atoms with Crippen LogP contribution < -0.4 is 0 Å². The number of carbonyl (C=O) groups excluding carboxylic acids is 4. The van der Waals surface area contributed by atoms with E-state index < -0.39 is 97.5 Å². The highest BCUT2D eigenvalue weighted by Crippen LogP contribution is 2.45. The van der Waals surface area contributed by atoms with Crippen LogP contribution in [0.3, 0.4) is 0 Å². The fourth-order valence-corrected chi connectivity index (χ4v) is 12.7. The molecule has 546 valence electrons. The van der Waals surface area contributed by atoms with Gasteiger partial charge in [0.05, 0.1) is 26.4 Å². The zero-order chi connectivity index (χ0) is 67.9. The van der Waals surface area contributed by atoms with E-state index in [9.17, 15) is 43.2 Å². The van der Waals surface area contributed by atoms with E-state index in [1.54, 1.807) is 0 Å². The maximum absolute atomic E-state index is 13.1. The molecule has 3 N–H and O–H groups in total. The normalized spacial score (nSPS) is 14.4. The number of rotatable bonds is 72. The van der Waals surface area contributed by atoms with Crippen LogP contribution in [0.2, 0.25) is 0 Å². The number of hydrogen-bond acceptors (Lipinski definition) is 15. The Hall–Kier alpha value is -1.94. The number of esters is 4. The second-order valence-corrected chi connectivity index (χ2v) is 30.0. The molecule has 0 bridgehead atoms. The molecular weight excluding hydrogens is 1210 g/mol. The van der Waals surface area contributed by atoms with Crippen molar-refractivity contribution in [3.05, 3.63) is 0 Å². The maximum Gasteiger partial charge on any atom is 0.472 e. The molecule has 0 saturated carbocycles. The van der Waals surface area contributed by atoms with Gasteiger partial charge >= 0.3 is 39.5 Å². The van der Waals surface area contributed by atoms with E-state index in [0.29, 0.717) is 25.7 Å². The molecule has 0 aliphatic carbocycles. The van der Waals surface area contributed by atoms with Crippen molar-refractivity contribution in [3.8, 4) is 0 Å². The van der Waals surface area contributed by atoms with Crippen molar-refractivity contribution >= 4 is 39.5 Å². The SMILES string of the molecule is CCCCCCCCCCCCCCCCCCCCCCCCC(=O)O[C@H](COC(=O)CCCCCCCCCCCCC(C)CC)COP(=O)(O)OC[C@@H](O)COP(=O)(O)OC[C@@H](COC(=O)CCCCCCC)OC(=O)CCCCCCCCCCC(C)C. The lowest BCUT2D eigenvalue weighted by Gasteiger charge is -2.21. The van der Waals surface area contributed by atoms with E-state index >= 15 is 0 Å². The van der Waals surface area contributed by atoms with Crippen LogP contribution in [0, 0.1) is 11.8 Å². The summed E-state index contributed by atoms with van der Waals surface area (Å²) in [6.45, 7) is 9.46. The summed E-state index contributed by atoms with van der Waals surface area (Å²) in [6.07, 6.45) is 52.0. The highest BCUT2D eigenvalue weighted by molar-refractivity contribution is 7.47. The van der Waals surface area contributed by atoms with Crippen LogP contribution in [0.1, 0.15) is 375 Å². The molecule has 0 aromatic carbocycles. The Morgan fingerprint density at radius 1 is 0.315 bits per heavy atom. The summed E-state index contributed by atoms with van der Waals surface area (Å²) in [6, 6.07) is 0. The van der Waals surface area contributed by atoms with Crippen molar-refractivity contribution in [2.24, 2.45) is 11.8 Å². The van der Waals surface area contributed by atoms with Gasteiger partial charge in [0, 0.05) is 25.7 Å². The Bertz CT molecular complexity index is 1790. The van der Waals surface area contributed by atoms with E-state index in [0.717, 1.165) is 108 Å². The third-order valence-corrected chi connectivity index (χ3v) is 19.2. The second kappa shape index (κ2) is 65.0. The second-order valence-electron chi connectivity index (χ2n) is 27.1. The molecule has 19 heteroatoms. The van der Waals surface area contributed by atoms with Gasteiger partial charge in [-0.05, 0) is 37.5 Å². The Balaban J connectivity index is 5.11. The summed E-state index contributed by atoms with van der Waals surface area (Å²) in [4.78, 5) is 72.3. The fraction of sp³-hybridized carbons (Fsp3) is 0.945. The molecule has 0 aromatic rings. The molecular formula is C73H142O17P2. The Labute approximate surface area is 562 Å². The first-order chi connectivity index (χ1) is 44.4. The van der Waals surface area contributed by atoms with Crippen LogP contribution in [0.15, 0.2) is 0 Å². The number of ether oxygens (including phenoxy) is 4. The third-order valence-electron chi connectivity index (χ3n) is 17.3. The van der Waals surface area contributed by atoms with Crippen molar-refractivity contribution in [2.45, 2.75) is 394 Å². The average Bonchev–Trinajstić information content (AvgIpc) is 1.81. The Kier molecular flexibility index (Phi) is 63.7. The van der Waals surface area contributed by atoms with E-state index in [-0.39, 0.29) is 25.7 Å². The number of carbonyl (C=O) groups is 4. The molecule has 0 heterocycles. The number of phosphoric ester groups is 2. The molecule has 0 fully saturated rings. The molecule has 3 unspecified atom stereocenters. The monoisotopic (exact) mass is 1350 g/mol. The van der Waals surface area contributed by atoms with Crippen LogP contribution in [-0.2, 0) is 65.4 Å². The van der Waals surface area contributed by atoms with Crippen LogP contribution >= 0.6 is 15.6 Å². The van der Waals surface area contributed by atoms with E-state index in [1.807, 2.05) is 0 Å². The van der Waals surface area contributed by atoms with Crippen molar-refractivity contribution in [3.63, 3.8) is 0 Å². The smallest absolute Gasteiger partial charge is 0.462 e. The van der Waals surface area contributed by atoms with Crippen molar-refractivity contribution in [1.29, 1.82) is 0 Å². The summed E-state index contributed by atoms with van der Waals surface area (Å²) in [5.41, 5.74) is 0. The number of unbranched alkanes of at least 4 members (excludes halogenated alkanes) is 41. The van der Waals surface area contributed by atoms with Gasteiger partial charge < -0.3 is 33.8 Å². The van der Waals surface area contributed by atoms with Crippen molar-refractivity contribution in [1.82, 2.24) is 0 Å². The lowest BCUT2D eigenvalue weighted by molar-refractivity contribution is -0.161. The van der Waals surface area contributed by atoms with Crippen LogP contribution in [0.25, 0.3) is 0 Å².